The first kappa shape index (κ1) is 10.0. The smallest absolute Gasteiger partial charge is 0.246 e. The van der Waals surface area contributed by atoms with E-state index >= 15 is 0 Å². The van der Waals surface area contributed by atoms with Gasteiger partial charge in [0.2, 0.25) is 0 Å². The van der Waals surface area contributed by atoms with Gasteiger partial charge in [0.25, 0.3) is 0 Å². The minimum Gasteiger partial charge on any atom is -0.246 e. The third-order valence-corrected chi connectivity index (χ3v) is 2.79. The van der Waals surface area contributed by atoms with Crippen molar-refractivity contribution in [2.24, 2.45) is 7.05 Å². The Morgan fingerprint density at radius 1 is 1.40 bits per heavy atom. The molecule has 1 aliphatic rings. The molecule has 1 atom stereocenters. The Morgan fingerprint density at radius 2 is 2.13 bits per heavy atom. The topological polar surface area (TPSA) is 48.9 Å². The molecule has 1 aromatic heterocycles. The molecule has 0 saturated heterocycles. The summed E-state index contributed by atoms with van der Waals surface area (Å²) in [6.07, 6.45) is 5.83. The summed E-state index contributed by atoms with van der Waals surface area (Å²) in [6, 6.07) is 0.0325. The lowest BCUT2D eigenvalue weighted by atomic mass is 10.1. The lowest BCUT2D eigenvalue weighted by molar-refractivity contribution is 0.382. The van der Waals surface area contributed by atoms with E-state index in [2.05, 4.69) is 6.92 Å². The van der Waals surface area contributed by atoms with Crippen LogP contribution in [0.3, 0.4) is 0 Å². The molecule has 0 amide bonds. The van der Waals surface area contributed by atoms with Gasteiger partial charge < -0.3 is 0 Å². The molecule has 2 rings (SSSR count). The van der Waals surface area contributed by atoms with Gasteiger partial charge in [-0.15, -0.1) is 0 Å². The Hall–Kier alpha value is -1.52. The second-order valence-corrected chi connectivity index (χ2v) is 3.84. The van der Waals surface area contributed by atoms with Crippen molar-refractivity contribution in [2.45, 2.75) is 32.4 Å². The molecule has 1 aromatic rings. The van der Waals surface area contributed by atoms with E-state index in [1.54, 1.807) is 4.68 Å². The Labute approximate surface area is 87.2 Å². The number of rotatable bonds is 2. The second-order valence-electron chi connectivity index (χ2n) is 3.84. The highest BCUT2D eigenvalue weighted by Gasteiger charge is 2.20. The number of hydrogen-bond acceptors (Lipinski definition) is 2. The van der Waals surface area contributed by atoms with Crippen molar-refractivity contribution in [2.75, 3.05) is 0 Å². The average Bonchev–Trinajstić information content (AvgIpc) is 2.46. The maximum Gasteiger partial charge on any atom is 0.347 e. The highest BCUT2D eigenvalue weighted by molar-refractivity contribution is 4.98. The molecule has 1 unspecified atom stereocenters. The quantitative estimate of drug-likeness (QED) is 0.656. The van der Waals surface area contributed by atoms with E-state index in [9.17, 15) is 9.59 Å². The molecule has 0 N–H and O–H groups in total. The summed E-state index contributed by atoms with van der Waals surface area (Å²) in [6.45, 7) is 2.56. The van der Waals surface area contributed by atoms with Crippen LogP contribution in [-0.2, 0) is 13.6 Å². The standard InChI is InChI=1S/C10H15N3O2/c1-3-5-8-6-4-7-12-9(14)11(2)10(15)13(8)12/h4,6,8H,3,5,7H2,1-2H3. The van der Waals surface area contributed by atoms with Gasteiger partial charge in [-0.25, -0.2) is 23.5 Å². The van der Waals surface area contributed by atoms with Crippen LogP contribution in [0.15, 0.2) is 21.7 Å². The van der Waals surface area contributed by atoms with Crippen LogP contribution >= 0.6 is 0 Å². The van der Waals surface area contributed by atoms with E-state index in [1.807, 2.05) is 12.2 Å². The highest BCUT2D eigenvalue weighted by Crippen LogP contribution is 2.15. The summed E-state index contributed by atoms with van der Waals surface area (Å²) in [5.74, 6) is 0. The minimum atomic E-state index is -0.231. The first-order valence-corrected chi connectivity index (χ1v) is 5.21. The van der Waals surface area contributed by atoms with Gasteiger partial charge in [0.05, 0.1) is 12.6 Å². The summed E-state index contributed by atoms with van der Waals surface area (Å²) in [5, 5.41) is 0. The lowest BCUT2D eigenvalue weighted by Gasteiger charge is -2.19. The van der Waals surface area contributed by atoms with Crippen molar-refractivity contribution in [3.8, 4) is 0 Å². The van der Waals surface area contributed by atoms with E-state index in [1.165, 1.54) is 11.7 Å². The molecular formula is C10H15N3O2. The zero-order valence-corrected chi connectivity index (χ0v) is 9.01. The molecule has 0 saturated carbocycles. The Morgan fingerprint density at radius 3 is 2.80 bits per heavy atom. The number of nitrogens with zero attached hydrogens (tertiary/aromatic N) is 3. The molecule has 0 radical (unpaired) electrons. The first-order chi connectivity index (χ1) is 7.16. The molecule has 1 aliphatic heterocycles. The molecule has 0 fully saturated rings. The fraction of sp³-hybridized carbons (Fsp3) is 0.600. The van der Waals surface area contributed by atoms with Gasteiger partial charge in [-0.05, 0) is 6.42 Å². The molecule has 5 nitrogen and oxygen atoms in total. The van der Waals surface area contributed by atoms with Crippen molar-refractivity contribution >= 4 is 0 Å². The van der Waals surface area contributed by atoms with Crippen molar-refractivity contribution in [1.82, 2.24) is 13.9 Å². The monoisotopic (exact) mass is 209 g/mol. The highest BCUT2D eigenvalue weighted by atomic mass is 16.2. The third kappa shape index (κ3) is 1.38. The summed E-state index contributed by atoms with van der Waals surface area (Å²) in [7, 11) is 1.52. The van der Waals surface area contributed by atoms with Gasteiger partial charge in [0, 0.05) is 7.05 Å². The van der Waals surface area contributed by atoms with Gasteiger partial charge in [0.15, 0.2) is 0 Å². The van der Waals surface area contributed by atoms with E-state index < -0.39 is 0 Å². The van der Waals surface area contributed by atoms with Gasteiger partial charge in [-0.3, -0.25) is 0 Å². The van der Waals surface area contributed by atoms with Crippen molar-refractivity contribution in [3.63, 3.8) is 0 Å². The van der Waals surface area contributed by atoms with E-state index in [0.717, 1.165) is 17.4 Å². The van der Waals surface area contributed by atoms with Crippen LogP contribution in [0.5, 0.6) is 0 Å². The van der Waals surface area contributed by atoms with Crippen molar-refractivity contribution in [1.29, 1.82) is 0 Å². The number of allylic oxidation sites excluding steroid dienone is 2. The minimum absolute atomic E-state index is 0.0325. The third-order valence-electron chi connectivity index (χ3n) is 2.79. The van der Waals surface area contributed by atoms with Gasteiger partial charge in [-0.2, -0.15) is 0 Å². The zero-order chi connectivity index (χ0) is 11.0. The lowest BCUT2D eigenvalue weighted by Crippen LogP contribution is -2.32. The van der Waals surface area contributed by atoms with E-state index in [-0.39, 0.29) is 17.4 Å². The van der Waals surface area contributed by atoms with E-state index in [4.69, 9.17) is 0 Å². The number of aromatic nitrogens is 3. The van der Waals surface area contributed by atoms with Crippen LogP contribution in [0.25, 0.3) is 0 Å². The molecule has 0 aromatic carbocycles. The normalized spacial score (nSPS) is 19.2. The molecular weight excluding hydrogens is 194 g/mol. The number of hydrogen-bond donors (Lipinski definition) is 0. The molecule has 2 heterocycles. The predicted molar refractivity (Wildman–Crippen MR) is 57.0 cm³/mol. The van der Waals surface area contributed by atoms with Crippen LogP contribution in [0.2, 0.25) is 0 Å². The van der Waals surface area contributed by atoms with Gasteiger partial charge in [0.1, 0.15) is 0 Å². The van der Waals surface area contributed by atoms with Crippen LogP contribution in [-0.4, -0.2) is 13.9 Å². The maximum atomic E-state index is 11.8. The van der Waals surface area contributed by atoms with Gasteiger partial charge in [-0.1, -0.05) is 25.5 Å². The fourth-order valence-electron chi connectivity index (χ4n) is 2.00. The van der Waals surface area contributed by atoms with Crippen LogP contribution in [0, 0.1) is 0 Å². The first-order valence-electron chi connectivity index (χ1n) is 5.21. The SMILES string of the molecule is CCCC1C=CCn2c(=O)n(C)c(=O)n21. The Kier molecular flexibility index (Phi) is 2.38. The molecule has 0 aliphatic carbocycles. The molecule has 0 bridgehead atoms. The van der Waals surface area contributed by atoms with Crippen LogP contribution in [0.4, 0.5) is 0 Å². The number of fused-ring (bicyclic) bond motifs is 1. The molecule has 15 heavy (non-hydrogen) atoms. The van der Waals surface area contributed by atoms with E-state index in [0.29, 0.717) is 6.54 Å². The Balaban J connectivity index is 2.60. The average molecular weight is 209 g/mol. The molecule has 0 spiro atoms. The zero-order valence-electron chi connectivity index (χ0n) is 9.01. The van der Waals surface area contributed by atoms with Gasteiger partial charge >= 0.3 is 11.4 Å². The predicted octanol–water partition coefficient (Wildman–Crippen LogP) is 0.260. The van der Waals surface area contributed by atoms with Crippen molar-refractivity contribution < 1.29 is 0 Å². The van der Waals surface area contributed by atoms with Crippen LogP contribution < -0.4 is 11.4 Å². The molecule has 82 valence electrons. The summed E-state index contributed by atoms with van der Waals surface area (Å²) >= 11 is 0. The summed E-state index contributed by atoms with van der Waals surface area (Å²) in [5.41, 5.74) is -0.451. The van der Waals surface area contributed by atoms with Crippen LogP contribution in [0.1, 0.15) is 25.8 Å². The second kappa shape index (κ2) is 3.56. The largest absolute Gasteiger partial charge is 0.347 e. The summed E-state index contributed by atoms with van der Waals surface area (Å²) in [4.78, 5) is 23.4. The summed E-state index contributed by atoms with van der Waals surface area (Å²) < 4.78 is 4.23. The Bertz CT molecular complexity index is 504. The molecule has 5 heteroatoms. The maximum absolute atomic E-state index is 11.8. The van der Waals surface area contributed by atoms with Crippen molar-refractivity contribution in [3.05, 3.63) is 33.1 Å². The fourth-order valence-corrected chi connectivity index (χ4v) is 2.00.